The van der Waals surface area contributed by atoms with Gasteiger partial charge in [0.2, 0.25) is 5.91 Å². The van der Waals surface area contributed by atoms with Crippen LogP contribution in [0.2, 0.25) is 0 Å². The van der Waals surface area contributed by atoms with E-state index in [4.69, 9.17) is 5.73 Å². The van der Waals surface area contributed by atoms with Crippen LogP contribution in [0.5, 0.6) is 0 Å². The predicted molar refractivity (Wildman–Crippen MR) is 66.2 cm³/mol. The topological polar surface area (TPSA) is 68.0 Å². The summed E-state index contributed by atoms with van der Waals surface area (Å²) in [6.45, 7) is 4.52. The lowest BCUT2D eigenvalue weighted by Gasteiger charge is -2.09. The van der Waals surface area contributed by atoms with Crippen molar-refractivity contribution in [3.05, 3.63) is 16.1 Å². The van der Waals surface area contributed by atoms with Crippen molar-refractivity contribution in [2.45, 2.75) is 45.7 Å². The van der Waals surface area contributed by atoms with Crippen molar-refractivity contribution in [1.82, 2.24) is 10.3 Å². The van der Waals surface area contributed by atoms with Crippen LogP contribution in [-0.2, 0) is 11.3 Å². The number of hydrogen-bond donors (Lipinski definition) is 2. The zero-order chi connectivity index (χ0) is 12.0. The summed E-state index contributed by atoms with van der Waals surface area (Å²) in [5.74, 6) is 0.00611. The number of nitrogens with zero attached hydrogens (tertiary/aromatic N) is 1. The molecule has 1 rings (SSSR count). The van der Waals surface area contributed by atoms with Crippen molar-refractivity contribution < 1.29 is 4.79 Å². The average Bonchev–Trinajstić information content (AvgIpc) is 2.61. The molecule has 4 nitrogen and oxygen atoms in total. The molecule has 1 unspecified atom stereocenters. The highest BCUT2D eigenvalue weighted by molar-refractivity contribution is 7.09. The van der Waals surface area contributed by atoms with E-state index < -0.39 is 0 Å². The molecule has 0 saturated carbocycles. The Morgan fingerprint density at radius 1 is 1.69 bits per heavy atom. The number of hydrogen-bond acceptors (Lipinski definition) is 4. The molecule has 16 heavy (non-hydrogen) atoms. The Labute approximate surface area is 100 Å². The van der Waals surface area contributed by atoms with Gasteiger partial charge in [0.1, 0.15) is 0 Å². The maximum atomic E-state index is 11.5. The summed E-state index contributed by atoms with van der Waals surface area (Å²) in [5.41, 5.74) is 6.70. The van der Waals surface area contributed by atoms with E-state index in [1.54, 1.807) is 11.3 Å². The molecule has 1 aromatic rings. The minimum Gasteiger partial charge on any atom is -0.350 e. The van der Waals surface area contributed by atoms with Crippen LogP contribution in [0.4, 0.5) is 0 Å². The van der Waals surface area contributed by atoms with E-state index in [-0.39, 0.29) is 11.9 Å². The minimum absolute atomic E-state index is 0.00611. The average molecular weight is 241 g/mol. The van der Waals surface area contributed by atoms with E-state index >= 15 is 0 Å². The predicted octanol–water partition coefficient (Wildman–Crippen LogP) is 1.59. The molecule has 1 aromatic heterocycles. The third-order valence-electron chi connectivity index (χ3n) is 2.24. The first-order valence-corrected chi connectivity index (χ1v) is 6.43. The zero-order valence-corrected chi connectivity index (χ0v) is 10.6. The molecule has 0 aliphatic rings. The number of nitrogens with two attached hydrogens (primary N) is 1. The second-order valence-corrected chi connectivity index (χ2v) is 4.95. The van der Waals surface area contributed by atoms with E-state index in [9.17, 15) is 4.79 Å². The number of carbonyl (C=O) groups is 1. The smallest absolute Gasteiger partial charge is 0.221 e. The molecule has 0 aliphatic heterocycles. The summed E-state index contributed by atoms with van der Waals surface area (Å²) < 4.78 is 0. The van der Waals surface area contributed by atoms with Crippen LogP contribution in [0.3, 0.4) is 0 Å². The van der Waals surface area contributed by atoms with Crippen molar-refractivity contribution in [3.8, 4) is 0 Å². The first-order valence-electron chi connectivity index (χ1n) is 5.55. The molecule has 0 aliphatic carbocycles. The largest absolute Gasteiger partial charge is 0.350 e. The lowest BCUT2D eigenvalue weighted by molar-refractivity contribution is -0.121. The van der Waals surface area contributed by atoms with E-state index in [2.05, 4.69) is 17.2 Å². The lowest BCUT2D eigenvalue weighted by Crippen LogP contribution is -2.31. The van der Waals surface area contributed by atoms with Crippen LogP contribution >= 0.6 is 11.3 Å². The van der Waals surface area contributed by atoms with Crippen LogP contribution in [-0.4, -0.2) is 16.9 Å². The van der Waals surface area contributed by atoms with Crippen molar-refractivity contribution in [3.63, 3.8) is 0 Å². The summed E-state index contributed by atoms with van der Waals surface area (Å²) in [6.07, 6.45) is 2.31. The van der Waals surface area contributed by atoms with Crippen LogP contribution in [0, 0.1) is 6.92 Å². The maximum Gasteiger partial charge on any atom is 0.221 e. The van der Waals surface area contributed by atoms with E-state index in [1.165, 1.54) is 0 Å². The second-order valence-electron chi connectivity index (χ2n) is 3.89. The summed E-state index contributed by atoms with van der Waals surface area (Å²) in [4.78, 5) is 15.8. The number of aromatic nitrogens is 1. The van der Waals surface area contributed by atoms with Crippen LogP contribution < -0.4 is 11.1 Å². The quantitative estimate of drug-likeness (QED) is 0.794. The van der Waals surface area contributed by atoms with Crippen LogP contribution in [0.25, 0.3) is 0 Å². The lowest BCUT2D eigenvalue weighted by atomic mass is 10.1. The summed E-state index contributed by atoms with van der Waals surface area (Å²) in [6, 6.07) is -0.0258. The highest BCUT2D eigenvalue weighted by atomic mass is 32.1. The molecule has 5 heteroatoms. The van der Waals surface area contributed by atoms with Crippen molar-refractivity contribution in [2.24, 2.45) is 5.73 Å². The van der Waals surface area contributed by atoms with E-state index in [0.717, 1.165) is 23.5 Å². The highest BCUT2D eigenvalue weighted by Gasteiger charge is 2.08. The Hall–Kier alpha value is -0.940. The number of rotatable bonds is 6. The normalized spacial score (nSPS) is 12.4. The van der Waals surface area contributed by atoms with Crippen LogP contribution in [0.1, 0.15) is 36.9 Å². The van der Waals surface area contributed by atoms with Gasteiger partial charge in [-0.25, -0.2) is 4.98 Å². The second kappa shape index (κ2) is 6.60. The van der Waals surface area contributed by atoms with E-state index in [1.807, 2.05) is 12.3 Å². The first kappa shape index (κ1) is 13.1. The van der Waals surface area contributed by atoms with Gasteiger partial charge < -0.3 is 11.1 Å². The molecule has 0 bridgehead atoms. The van der Waals surface area contributed by atoms with Gasteiger partial charge in [0.15, 0.2) is 0 Å². The number of thiazole rings is 1. The van der Waals surface area contributed by atoms with Gasteiger partial charge in [-0.05, 0) is 13.3 Å². The standard InChI is InChI=1S/C11H19N3OS/c1-3-4-9(12)5-11(15)13-6-10-7-16-8(2)14-10/h7,9H,3-6,12H2,1-2H3,(H,13,15). The fraction of sp³-hybridized carbons (Fsp3) is 0.636. The van der Waals surface area contributed by atoms with E-state index in [0.29, 0.717) is 13.0 Å². The van der Waals surface area contributed by atoms with Crippen LogP contribution in [0.15, 0.2) is 5.38 Å². The first-order chi connectivity index (χ1) is 7.61. The third kappa shape index (κ3) is 4.72. The molecule has 0 spiro atoms. The van der Waals surface area contributed by atoms with Gasteiger partial charge in [0.25, 0.3) is 0 Å². The number of carbonyl (C=O) groups excluding carboxylic acids is 1. The minimum atomic E-state index is -0.0258. The van der Waals surface area contributed by atoms with Crippen molar-refractivity contribution in [2.75, 3.05) is 0 Å². The van der Waals surface area contributed by atoms with Crippen molar-refractivity contribution >= 4 is 17.2 Å². The Bertz CT molecular complexity index is 338. The van der Waals surface area contributed by atoms with Crippen molar-refractivity contribution in [1.29, 1.82) is 0 Å². The fourth-order valence-electron chi connectivity index (χ4n) is 1.46. The molecule has 0 fully saturated rings. The molecule has 0 saturated heterocycles. The van der Waals surface area contributed by atoms with Gasteiger partial charge in [-0.3, -0.25) is 4.79 Å². The molecular formula is C11H19N3OS. The maximum absolute atomic E-state index is 11.5. The van der Waals surface area contributed by atoms with Gasteiger partial charge in [-0.15, -0.1) is 11.3 Å². The fourth-order valence-corrected chi connectivity index (χ4v) is 2.07. The highest BCUT2D eigenvalue weighted by Crippen LogP contribution is 2.07. The molecule has 1 atom stereocenters. The Balaban J connectivity index is 2.25. The Kier molecular flexibility index (Phi) is 5.42. The molecule has 1 heterocycles. The molecule has 3 N–H and O–H groups in total. The summed E-state index contributed by atoms with van der Waals surface area (Å²) in [5, 5.41) is 5.81. The van der Waals surface area contributed by atoms with Gasteiger partial charge in [0.05, 0.1) is 17.2 Å². The Morgan fingerprint density at radius 2 is 2.44 bits per heavy atom. The van der Waals surface area contributed by atoms with Gasteiger partial charge >= 0.3 is 0 Å². The number of nitrogens with one attached hydrogen (secondary N) is 1. The monoisotopic (exact) mass is 241 g/mol. The van der Waals surface area contributed by atoms with Gasteiger partial charge in [-0.1, -0.05) is 13.3 Å². The summed E-state index contributed by atoms with van der Waals surface area (Å²) in [7, 11) is 0. The van der Waals surface area contributed by atoms with Gasteiger partial charge in [-0.2, -0.15) is 0 Å². The SMILES string of the molecule is CCCC(N)CC(=O)NCc1csc(C)n1. The molecule has 90 valence electrons. The number of amides is 1. The molecule has 0 aromatic carbocycles. The molecule has 1 amide bonds. The number of aryl methyl sites for hydroxylation is 1. The summed E-state index contributed by atoms with van der Waals surface area (Å²) >= 11 is 1.59. The zero-order valence-electron chi connectivity index (χ0n) is 9.82. The third-order valence-corrected chi connectivity index (χ3v) is 3.06. The molecule has 0 radical (unpaired) electrons. The Morgan fingerprint density at radius 3 is 3.00 bits per heavy atom. The van der Waals surface area contributed by atoms with Gasteiger partial charge in [0, 0.05) is 17.8 Å². The molecular weight excluding hydrogens is 222 g/mol.